The third-order valence-corrected chi connectivity index (χ3v) is 2.98. The molecule has 3 heteroatoms. The molecule has 0 bridgehead atoms. The number of rotatable bonds is 8. The highest BCUT2D eigenvalue weighted by molar-refractivity contribution is 5.32. The molecule has 0 unspecified atom stereocenters. The molecule has 0 aromatic heterocycles. The molecule has 0 aliphatic carbocycles. The third kappa shape index (κ3) is 6.60. The van der Waals surface area contributed by atoms with Crippen LogP contribution < -0.4 is 10.1 Å². The van der Waals surface area contributed by atoms with Crippen molar-refractivity contribution < 1.29 is 9.84 Å². The molecule has 19 heavy (non-hydrogen) atoms. The molecule has 0 saturated heterocycles. The van der Waals surface area contributed by atoms with E-state index >= 15 is 0 Å². The minimum Gasteiger partial charge on any atom is -0.494 e. The van der Waals surface area contributed by atoms with Crippen LogP contribution in [0.15, 0.2) is 24.3 Å². The molecule has 0 amide bonds. The van der Waals surface area contributed by atoms with Crippen molar-refractivity contribution in [1.29, 1.82) is 0 Å². The van der Waals surface area contributed by atoms with Crippen molar-refractivity contribution in [2.24, 2.45) is 0 Å². The summed E-state index contributed by atoms with van der Waals surface area (Å²) in [7, 11) is 0. The second-order valence-corrected chi connectivity index (χ2v) is 5.81. The van der Waals surface area contributed by atoms with E-state index in [1.165, 1.54) is 5.56 Å². The number of ether oxygens (including phenoxy) is 1. The molecule has 0 aliphatic heterocycles. The Morgan fingerprint density at radius 1 is 1.16 bits per heavy atom. The van der Waals surface area contributed by atoms with Crippen LogP contribution in [0.25, 0.3) is 0 Å². The molecule has 2 N–H and O–H groups in total. The average Bonchev–Trinajstić information content (AvgIpc) is 2.37. The van der Waals surface area contributed by atoms with Gasteiger partial charge in [0.25, 0.3) is 0 Å². The van der Waals surface area contributed by atoms with E-state index < -0.39 is 0 Å². The van der Waals surface area contributed by atoms with Crippen LogP contribution in [0.2, 0.25) is 0 Å². The molecule has 0 atom stereocenters. The van der Waals surface area contributed by atoms with Crippen molar-refractivity contribution >= 4 is 0 Å². The van der Waals surface area contributed by atoms with E-state index in [1.807, 2.05) is 6.07 Å². The number of nitrogens with one attached hydrogen (secondary N) is 1. The molecule has 108 valence electrons. The second-order valence-electron chi connectivity index (χ2n) is 5.81. The summed E-state index contributed by atoms with van der Waals surface area (Å²) in [6.07, 6.45) is 1.79. The first-order valence-electron chi connectivity index (χ1n) is 7.09. The lowest BCUT2D eigenvalue weighted by molar-refractivity contribution is 0.282. The molecule has 0 spiro atoms. The van der Waals surface area contributed by atoms with Gasteiger partial charge < -0.3 is 15.2 Å². The molecule has 1 aromatic rings. The monoisotopic (exact) mass is 265 g/mol. The van der Waals surface area contributed by atoms with Crippen molar-refractivity contribution in [3.05, 3.63) is 29.8 Å². The average molecular weight is 265 g/mol. The highest BCUT2D eigenvalue weighted by atomic mass is 16.5. The summed E-state index contributed by atoms with van der Waals surface area (Å²) in [4.78, 5) is 0. The van der Waals surface area contributed by atoms with Crippen LogP contribution in [0.4, 0.5) is 0 Å². The van der Waals surface area contributed by atoms with Crippen molar-refractivity contribution in [3.8, 4) is 5.75 Å². The summed E-state index contributed by atoms with van der Waals surface area (Å²) in [6.45, 7) is 9.39. The molecular weight excluding hydrogens is 238 g/mol. The van der Waals surface area contributed by atoms with Crippen molar-refractivity contribution in [3.63, 3.8) is 0 Å². The van der Waals surface area contributed by atoms with Gasteiger partial charge in [0.15, 0.2) is 0 Å². The summed E-state index contributed by atoms with van der Waals surface area (Å²) in [5.74, 6) is 0.947. The number of hydrogen-bond acceptors (Lipinski definition) is 3. The van der Waals surface area contributed by atoms with Gasteiger partial charge >= 0.3 is 0 Å². The fourth-order valence-electron chi connectivity index (χ4n) is 1.77. The number of benzene rings is 1. The van der Waals surface area contributed by atoms with Gasteiger partial charge in [0.05, 0.1) is 6.61 Å². The van der Waals surface area contributed by atoms with Crippen LogP contribution in [0, 0.1) is 0 Å². The van der Waals surface area contributed by atoms with Crippen LogP contribution >= 0.6 is 0 Å². The Morgan fingerprint density at radius 3 is 2.58 bits per heavy atom. The van der Waals surface area contributed by atoms with Gasteiger partial charge in [-0.2, -0.15) is 0 Å². The SMILES string of the molecule is CC(C)(C)c1cccc(OCCCNCCCO)c1. The maximum atomic E-state index is 8.64. The van der Waals surface area contributed by atoms with E-state index in [-0.39, 0.29) is 12.0 Å². The molecule has 1 rings (SSSR count). The van der Waals surface area contributed by atoms with Crippen LogP contribution in [-0.4, -0.2) is 31.4 Å². The van der Waals surface area contributed by atoms with E-state index in [9.17, 15) is 0 Å². The zero-order valence-corrected chi connectivity index (χ0v) is 12.4. The van der Waals surface area contributed by atoms with Gasteiger partial charge in [-0.05, 0) is 49.0 Å². The van der Waals surface area contributed by atoms with E-state index in [4.69, 9.17) is 9.84 Å². The van der Waals surface area contributed by atoms with Gasteiger partial charge in [0, 0.05) is 6.61 Å². The maximum absolute atomic E-state index is 8.64. The summed E-state index contributed by atoms with van der Waals surface area (Å²) < 4.78 is 5.76. The van der Waals surface area contributed by atoms with Gasteiger partial charge in [-0.15, -0.1) is 0 Å². The summed E-state index contributed by atoms with van der Waals surface area (Å²) in [5.41, 5.74) is 1.46. The van der Waals surface area contributed by atoms with Gasteiger partial charge in [0.2, 0.25) is 0 Å². The molecule has 1 aromatic carbocycles. The Kier molecular flexibility index (Phi) is 6.89. The Morgan fingerprint density at radius 2 is 1.89 bits per heavy atom. The number of aliphatic hydroxyl groups excluding tert-OH is 1. The lowest BCUT2D eigenvalue weighted by Crippen LogP contribution is -2.19. The molecule has 0 radical (unpaired) electrons. The minimum atomic E-state index is 0.158. The summed E-state index contributed by atoms with van der Waals surface area (Å²) in [5, 5.41) is 11.9. The van der Waals surface area contributed by atoms with Crippen LogP contribution in [0.1, 0.15) is 39.2 Å². The Bertz CT molecular complexity index is 358. The highest BCUT2D eigenvalue weighted by Gasteiger charge is 2.13. The molecule has 0 aliphatic rings. The van der Waals surface area contributed by atoms with Crippen LogP contribution in [0.3, 0.4) is 0 Å². The van der Waals surface area contributed by atoms with E-state index in [0.29, 0.717) is 0 Å². The fourth-order valence-corrected chi connectivity index (χ4v) is 1.77. The lowest BCUT2D eigenvalue weighted by Gasteiger charge is -2.19. The Balaban J connectivity index is 2.26. The van der Waals surface area contributed by atoms with Gasteiger partial charge in [0.1, 0.15) is 5.75 Å². The van der Waals surface area contributed by atoms with E-state index in [0.717, 1.165) is 38.3 Å². The second kappa shape index (κ2) is 8.18. The van der Waals surface area contributed by atoms with E-state index in [2.05, 4.69) is 44.3 Å². The molecule has 0 fully saturated rings. The molecule has 0 heterocycles. The van der Waals surface area contributed by atoms with E-state index in [1.54, 1.807) is 0 Å². The largest absolute Gasteiger partial charge is 0.494 e. The molecule has 0 saturated carbocycles. The van der Waals surface area contributed by atoms with Crippen LogP contribution in [-0.2, 0) is 5.41 Å². The third-order valence-electron chi connectivity index (χ3n) is 2.98. The summed E-state index contributed by atoms with van der Waals surface area (Å²) in [6, 6.07) is 8.33. The molecule has 3 nitrogen and oxygen atoms in total. The topological polar surface area (TPSA) is 41.5 Å². The smallest absolute Gasteiger partial charge is 0.119 e. The van der Waals surface area contributed by atoms with Gasteiger partial charge in [-0.25, -0.2) is 0 Å². The van der Waals surface area contributed by atoms with Gasteiger partial charge in [-0.3, -0.25) is 0 Å². The first-order chi connectivity index (χ1) is 9.04. The highest BCUT2D eigenvalue weighted by Crippen LogP contribution is 2.25. The molecular formula is C16H27NO2. The predicted molar refractivity (Wildman–Crippen MR) is 79.8 cm³/mol. The lowest BCUT2D eigenvalue weighted by atomic mass is 9.87. The summed E-state index contributed by atoms with van der Waals surface area (Å²) >= 11 is 0. The Labute approximate surface area is 117 Å². The minimum absolute atomic E-state index is 0.158. The Hall–Kier alpha value is -1.06. The first-order valence-corrected chi connectivity index (χ1v) is 7.09. The van der Waals surface area contributed by atoms with Gasteiger partial charge in [-0.1, -0.05) is 32.9 Å². The predicted octanol–water partition coefficient (Wildman–Crippen LogP) is 2.73. The standard InChI is InChI=1S/C16H27NO2/c1-16(2,3)14-7-4-8-15(13-14)19-12-6-10-17-9-5-11-18/h4,7-8,13,17-18H,5-6,9-12H2,1-3H3. The maximum Gasteiger partial charge on any atom is 0.119 e. The number of hydrogen-bond donors (Lipinski definition) is 2. The zero-order chi connectivity index (χ0) is 14.1. The quantitative estimate of drug-likeness (QED) is 0.710. The normalized spacial score (nSPS) is 11.6. The first kappa shape index (κ1) is 16.0. The van der Waals surface area contributed by atoms with Crippen LogP contribution in [0.5, 0.6) is 5.75 Å². The van der Waals surface area contributed by atoms with Crippen molar-refractivity contribution in [1.82, 2.24) is 5.32 Å². The fraction of sp³-hybridized carbons (Fsp3) is 0.625. The number of aliphatic hydroxyl groups is 1. The van der Waals surface area contributed by atoms with Crippen molar-refractivity contribution in [2.75, 3.05) is 26.3 Å². The van der Waals surface area contributed by atoms with Crippen molar-refractivity contribution in [2.45, 2.75) is 39.0 Å². The zero-order valence-electron chi connectivity index (χ0n) is 12.4.